The fraction of sp³-hybridized carbons (Fsp3) is 0.133. The normalized spacial score (nSPS) is 10.4. The smallest absolute Gasteiger partial charge is 0.228 e. The van der Waals surface area contributed by atoms with Crippen molar-refractivity contribution in [3.63, 3.8) is 0 Å². The second-order valence-corrected chi connectivity index (χ2v) is 6.04. The van der Waals surface area contributed by atoms with Crippen LogP contribution in [-0.4, -0.2) is 5.91 Å². The molecule has 0 spiro atoms. The molecule has 0 bridgehead atoms. The first-order chi connectivity index (χ1) is 9.47. The van der Waals surface area contributed by atoms with Crippen LogP contribution in [0.4, 0.5) is 5.69 Å². The third kappa shape index (κ3) is 3.75. The molecule has 20 heavy (non-hydrogen) atoms. The Balaban J connectivity index is 2.09. The predicted molar refractivity (Wildman–Crippen MR) is 87.7 cm³/mol. The van der Waals surface area contributed by atoms with Crippen molar-refractivity contribution in [3.8, 4) is 0 Å². The van der Waals surface area contributed by atoms with Gasteiger partial charge >= 0.3 is 0 Å². The molecule has 2 aromatic rings. The zero-order valence-electron chi connectivity index (χ0n) is 10.7. The molecule has 0 fully saturated rings. The van der Waals surface area contributed by atoms with Crippen LogP contribution in [0, 0.1) is 6.92 Å². The highest BCUT2D eigenvalue weighted by atomic mass is 79.9. The lowest BCUT2D eigenvalue weighted by Gasteiger charge is -2.08. The van der Waals surface area contributed by atoms with Crippen LogP contribution in [0.5, 0.6) is 0 Å². The molecular weight excluding hydrogens is 361 g/mol. The van der Waals surface area contributed by atoms with Crippen molar-refractivity contribution in [3.05, 3.63) is 62.0 Å². The van der Waals surface area contributed by atoms with Gasteiger partial charge in [-0.15, -0.1) is 0 Å². The molecule has 1 amide bonds. The van der Waals surface area contributed by atoms with E-state index in [0.717, 1.165) is 15.7 Å². The Kier molecular flexibility index (Phi) is 5.08. The molecule has 2 nitrogen and oxygen atoms in total. The second-order valence-electron chi connectivity index (χ2n) is 4.40. The number of halogens is 3. The fourth-order valence-electron chi connectivity index (χ4n) is 1.79. The maximum atomic E-state index is 12.0. The molecule has 0 aliphatic rings. The lowest BCUT2D eigenvalue weighted by molar-refractivity contribution is -0.115. The van der Waals surface area contributed by atoms with Crippen molar-refractivity contribution in [1.29, 1.82) is 0 Å². The number of hydrogen-bond donors (Lipinski definition) is 1. The van der Waals surface area contributed by atoms with Crippen LogP contribution in [0.1, 0.15) is 11.1 Å². The van der Waals surface area contributed by atoms with Crippen LogP contribution >= 0.6 is 39.1 Å². The number of benzene rings is 2. The third-order valence-corrected chi connectivity index (χ3v) is 4.57. The molecule has 0 aliphatic carbocycles. The highest BCUT2D eigenvalue weighted by molar-refractivity contribution is 9.10. The molecule has 104 valence electrons. The summed E-state index contributed by atoms with van der Waals surface area (Å²) in [6.07, 6.45) is 0.189. The first kappa shape index (κ1) is 15.4. The van der Waals surface area contributed by atoms with Crippen molar-refractivity contribution in [2.45, 2.75) is 13.3 Å². The Bertz CT molecular complexity index is 658. The maximum Gasteiger partial charge on any atom is 0.228 e. The van der Waals surface area contributed by atoms with Crippen molar-refractivity contribution < 1.29 is 4.79 Å². The highest BCUT2D eigenvalue weighted by Gasteiger charge is 2.10. The number of amides is 1. The Labute approximate surface area is 136 Å². The van der Waals surface area contributed by atoms with Crippen molar-refractivity contribution >= 4 is 50.7 Å². The molecule has 1 N–H and O–H groups in total. The van der Waals surface area contributed by atoms with Gasteiger partial charge < -0.3 is 5.32 Å². The number of hydrogen-bond acceptors (Lipinski definition) is 1. The second kappa shape index (κ2) is 6.61. The summed E-state index contributed by atoms with van der Waals surface area (Å²) in [5, 5.41) is 3.73. The molecule has 0 aliphatic heterocycles. The van der Waals surface area contributed by atoms with Gasteiger partial charge in [0.2, 0.25) is 5.91 Å². The minimum Gasteiger partial charge on any atom is -0.326 e. The lowest BCUT2D eigenvalue weighted by Crippen LogP contribution is -2.14. The predicted octanol–water partition coefficient (Wildman–Crippen LogP) is 5.25. The third-order valence-electron chi connectivity index (χ3n) is 2.82. The Morgan fingerprint density at radius 3 is 2.70 bits per heavy atom. The number of carbonyl (C=O) groups is 1. The summed E-state index contributed by atoms with van der Waals surface area (Å²) in [4.78, 5) is 12.0. The Morgan fingerprint density at radius 1 is 1.25 bits per heavy atom. The van der Waals surface area contributed by atoms with Gasteiger partial charge in [0, 0.05) is 10.2 Å². The van der Waals surface area contributed by atoms with Crippen molar-refractivity contribution in [2.75, 3.05) is 5.32 Å². The van der Waals surface area contributed by atoms with E-state index in [1.807, 2.05) is 25.1 Å². The average molecular weight is 373 g/mol. The van der Waals surface area contributed by atoms with Crippen LogP contribution in [0.25, 0.3) is 0 Å². The molecule has 0 atom stereocenters. The minimum absolute atomic E-state index is 0.129. The van der Waals surface area contributed by atoms with E-state index in [0.29, 0.717) is 15.6 Å². The molecule has 2 rings (SSSR count). The summed E-state index contributed by atoms with van der Waals surface area (Å²) in [6, 6.07) is 10.9. The van der Waals surface area contributed by atoms with Gasteiger partial charge in [0.15, 0.2) is 0 Å². The molecular formula is C15H12BrCl2NO. The van der Waals surface area contributed by atoms with E-state index in [-0.39, 0.29) is 12.3 Å². The zero-order chi connectivity index (χ0) is 14.7. The summed E-state index contributed by atoms with van der Waals surface area (Å²) < 4.78 is 1.01. The number of anilines is 1. The van der Waals surface area contributed by atoms with Crippen LogP contribution in [0.15, 0.2) is 40.9 Å². The standard InChI is InChI=1S/C15H12BrCl2NO/c1-9-7-11(5-6-12(9)16)19-14(20)8-10-3-2-4-13(17)15(10)18/h2-7H,8H2,1H3,(H,19,20). The molecule has 0 unspecified atom stereocenters. The molecule has 0 aromatic heterocycles. The molecule has 0 heterocycles. The molecule has 2 aromatic carbocycles. The Hall–Kier alpha value is -1.03. The van der Waals surface area contributed by atoms with E-state index in [1.165, 1.54) is 0 Å². The quantitative estimate of drug-likeness (QED) is 0.783. The van der Waals surface area contributed by atoms with Gasteiger partial charge in [-0.05, 0) is 42.3 Å². The Morgan fingerprint density at radius 2 is 2.00 bits per heavy atom. The highest BCUT2D eigenvalue weighted by Crippen LogP contribution is 2.26. The van der Waals surface area contributed by atoms with Crippen LogP contribution in [-0.2, 0) is 11.2 Å². The zero-order valence-corrected chi connectivity index (χ0v) is 13.8. The molecule has 0 saturated heterocycles. The van der Waals surface area contributed by atoms with Gasteiger partial charge in [-0.1, -0.05) is 51.3 Å². The number of carbonyl (C=O) groups excluding carboxylic acids is 1. The van der Waals surface area contributed by atoms with Gasteiger partial charge in [-0.25, -0.2) is 0 Å². The van der Waals surface area contributed by atoms with Gasteiger partial charge in [0.1, 0.15) is 0 Å². The summed E-state index contributed by atoms with van der Waals surface area (Å²) in [7, 11) is 0. The lowest BCUT2D eigenvalue weighted by atomic mass is 10.1. The maximum absolute atomic E-state index is 12.0. The van der Waals surface area contributed by atoms with E-state index in [4.69, 9.17) is 23.2 Å². The van der Waals surface area contributed by atoms with E-state index < -0.39 is 0 Å². The fourth-order valence-corrected chi connectivity index (χ4v) is 2.42. The van der Waals surface area contributed by atoms with Crippen LogP contribution in [0.3, 0.4) is 0 Å². The summed E-state index contributed by atoms with van der Waals surface area (Å²) in [5.74, 6) is -0.129. The minimum atomic E-state index is -0.129. The average Bonchev–Trinajstić information content (AvgIpc) is 2.39. The first-order valence-corrected chi connectivity index (χ1v) is 7.51. The number of nitrogens with one attached hydrogen (secondary N) is 1. The van der Waals surface area contributed by atoms with Crippen molar-refractivity contribution in [1.82, 2.24) is 0 Å². The van der Waals surface area contributed by atoms with Gasteiger partial charge in [-0.3, -0.25) is 4.79 Å². The SMILES string of the molecule is Cc1cc(NC(=O)Cc2cccc(Cl)c2Cl)ccc1Br. The van der Waals surface area contributed by atoms with Crippen LogP contribution in [0.2, 0.25) is 10.0 Å². The summed E-state index contributed by atoms with van der Waals surface area (Å²) >= 11 is 15.4. The number of rotatable bonds is 3. The van der Waals surface area contributed by atoms with Gasteiger partial charge in [-0.2, -0.15) is 0 Å². The van der Waals surface area contributed by atoms with E-state index in [9.17, 15) is 4.79 Å². The van der Waals surface area contributed by atoms with Crippen molar-refractivity contribution in [2.24, 2.45) is 0 Å². The molecule has 0 saturated carbocycles. The molecule has 5 heteroatoms. The van der Waals surface area contributed by atoms with E-state index >= 15 is 0 Å². The van der Waals surface area contributed by atoms with E-state index in [1.54, 1.807) is 18.2 Å². The largest absolute Gasteiger partial charge is 0.326 e. The summed E-state index contributed by atoms with van der Waals surface area (Å²) in [5.41, 5.74) is 2.53. The van der Waals surface area contributed by atoms with Gasteiger partial charge in [0.25, 0.3) is 0 Å². The number of aryl methyl sites for hydroxylation is 1. The molecule has 0 radical (unpaired) electrons. The first-order valence-electron chi connectivity index (χ1n) is 5.96. The topological polar surface area (TPSA) is 29.1 Å². The summed E-state index contributed by atoms with van der Waals surface area (Å²) in [6.45, 7) is 1.97. The van der Waals surface area contributed by atoms with E-state index in [2.05, 4.69) is 21.2 Å². The van der Waals surface area contributed by atoms with Crippen LogP contribution < -0.4 is 5.32 Å². The monoisotopic (exact) mass is 371 g/mol. The van der Waals surface area contributed by atoms with Gasteiger partial charge in [0.05, 0.1) is 16.5 Å².